The first-order valence-electron chi connectivity index (χ1n) is 6.72. The lowest BCUT2D eigenvalue weighted by atomic mass is 9.93. The van der Waals surface area contributed by atoms with Crippen molar-refractivity contribution in [2.24, 2.45) is 0 Å². The van der Waals surface area contributed by atoms with E-state index in [4.69, 9.17) is 0 Å². The molecule has 20 heavy (non-hydrogen) atoms. The minimum absolute atomic E-state index is 0.000696. The SMILES string of the molecule is CC(CO)(NCCn1ccccc1=O)c1ccccc1. The zero-order valence-corrected chi connectivity index (χ0v) is 11.6. The molecule has 1 atom stereocenters. The lowest BCUT2D eigenvalue weighted by Crippen LogP contribution is -2.44. The molecule has 0 fully saturated rings. The van der Waals surface area contributed by atoms with Crippen molar-refractivity contribution in [3.63, 3.8) is 0 Å². The van der Waals surface area contributed by atoms with Crippen LogP contribution in [0.1, 0.15) is 12.5 Å². The highest BCUT2D eigenvalue weighted by atomic mass is 16.3. The number of hydrogen-bond acceptors (Lipinski definition) is 3. The smallest absolute Gasteiger partial charge is 0.250 e. The van der Waals surface area contributed by atoms with Crippen molar-refractivity contribution in [2.75, 3.05) is 13.2 Å². The highest BCUT2D eigenvalue weighted by Gasteiger charge is 2.24. The zero-order valence-electron chi connectivity index (χ0n) is 11.6. The molecule has 1 heterocycles. The van der Waals surface area contributed by atoms with Gasteiger partial charge >= 0.3 is 0 Å². The number of rotatable bonds is 6. The molecule has 1 aromatic heterocycles. The van der Waals surface area contributed by atoms with Crippen LogP contribution in [-0.4, -0.2) is 22.8 Å². The molecule has 2 rings (SSSR count). The van der Waals surface area contributed by atoms with Crippen molar-refractivity contribution in [3.8, 4) is 0 Å². The molecule has 0 aliphatic heterocycles. The fraction of sp³-hybridized carbons (Fsp3) is 0.312. The molecule has 4 heteroatoms. The Kier molecular flexibility index (Phi) is 4.71. The summed E-state index contributed by atoms with van der Waals surface area (Å²) < 4.78 is 1.65. The van der Waals surface area contributed by atoms with Crippen LogP contribution in [0.15, 0.2) is 59.5 Å². The maximum atomic E-state index is 11.6. The third-order valence-electron chi connectivity index (χ3n) is 3.49. The van der Waals surface area contributed by atoms with Gasteiger partial charge in [0.15, 0.2) is 0 Å². The number of aromatic nitrogens is 1. The van der Waals surface area contributed by atoms with Gasteiger partial charge in [0, 0.05) is 25.4 Å². The van der Waals surface area contributed by atoms with Crippen molar-refractivity contribution in [1.82, 2.24) is 9.88 Å². The monoisotopic (exact) mass is 272 g/mol. The Morgan fingerprint density at radius 2 is 1.85 bits per heavy atom. The molecule has 0 amide bonds. The van der Waals surface area contributed by atoms with Gasteiger partial charge in [0.25, 0.3) is 5.56 Å². The number of hydrogen-bond donors (Lipinski definition) is 2. The Bertz CT molecular complexity index is 595. The third kappa shape index (κ3) is 3.35. The highest BCUT2D eigenvalue weighted by Crippen LogP contribution is 2.19. The van der Waals surface area contributed by atoms with Crippen LogP contribution in [0, 0.1) is 0 Å². The van der Waals surface area contributed by atoms with Gasteiger partial charge in [0.05, 0.1) is 12.1 Å². The predicted octanol–water partition coefficient (Wildman–Crippen LogP) is 1.35. The molecular weight excluding hydrogens is 252 g/mol. The van der Waals surface area contributed by atoms with Crippen molar-refractivity contribution in [1.29, 1.82) is 0 Å². The molecular formula is C16H20N2O2. The first-order valence-corrected chi connectivity index (χ1v) is 6.72. The van der Waals surface area contributed by atoms with E-state index in [1.54, 1.807) is 22.9 Å². The fourth-order valence-electron chi connectivity index (χ4n) is 2.15. The van der Waals surface area contributed by atoms with Crippen LogP contribution in [0.5, 0.6) is 0 Å². The first kappa shape index (κ1) is 14.5. The van der Waals surface area contributed by atoms with Gasteiger partial charge in [-0.2, -0.15) is 0 Å². The maximum Gasteiger partial charge on any atom is 0.250 e. The average molecular weight is 272 g/mol. The second-order valence-electron chi connectivity index (χ2n) is 5.02. The number of pyridine rings is 1. The normalized spacial score (nSPS) is 13.9. The van der Waals surface area contributed by atoms with Crippen LogP contribution in [-0.2, 0) is 12.1 Å². The molecule has 2 aromatic rings. The van der Waals surface area contributed by atoms with E-state index in [2.05, 4.69) is 5.32 Å². The Morgan fingerprint density at radius 3 is 2.50 bits per heavy atom. The summed E-state index contributed by atoms with van der Waals surface area (Å²) in [5.74, 6) is 0. The fourth-order valence-corrected chi connectivity index (χ4v) is 2.15. The number of aliphatic hydroxyl groups is 1. The highest BCUT2D eigenvalue weighted by molar-refractivity contribution is 5.23. The average Bonchev–Trinajstić information content (AvgIpc) is 2.50. The number of nitrogens with one attached hydrogen (secondary N) is 1. The number of benzene rings is 1. The topological polar surface area (TPSA) is 54.3 Å². The molecule has 0 spiro atoms. The molecule has 0 radical (unpaired) electrons. The molecule has 1 aromatic carbocycles. The van der Waals surface area contributed by atoms with Gasteiger partial charge in [-0.3, -0.25) is 4.79 Å². The quantitative estimate of drug-likeness (QED) is 0.834. The summed E-state index contributed by atoms with van der Waals surface area (Å²) in [5.41, 5.74) is 0.516. The van der Waals surface area contributed by atoms with Gasteiger partial charge < -0.3 is 15.0 Å². The Morgan fingerprint density at radius 1 is 1.15 bits per heavy atom. The van der Waals surface area contributed by atoms with Crippen molar-refractivity contribution < 1.29 is 5.11 Å². The molecule has 2 N–H and O–H groups in total. The Labute approximate surface area is 118 Å². The van der Waals surface area contributed by atoms with E-state index in [-0.39, 0.29) is 12.2 Å². The van der Waals surface area contributed by atoms with Crippen molar-refractivity contribution >= 4 is 0 Å². The zero-order chi connectivity index (χ0) is 14.4. The summed E-state index contributed by atoms with van der Waals surface area (Å²) >= 11 is 0. The van der Waals surface area contributed by atoms with Gasteiger partial charge in [0.2, 0.25) is 0 Å². The molecule has 1 unspecified atom stereocenters. The summed E-state index contributed by atoms with van der Waals surface area (Å²) in [5, 5.41) is 13.0. The van der Waals surface area contributed by atoms with Crippen molar-refractivity contribution in [2.45, 2.75) is 19.0 Å². The number of aliphatic hydroxyl groups excluding tert-OH is 1. The maximum absolute atomic E-state index is 11.6. The van der Waals surface area contributed by atoms with Gasteiger partial charge in [-0.1, -0.05) is 36.4 Å². The summed E-state index contributed by atoms with van der Waals surface area (Å²) in [4.78, 5) is 11.6. The van der Waals surface area contributed by atoms with Gasteiger partial charge in [-0.05, 0) is 18.6 Å². The van der Waals surface area contributed by atoms with E-state index in [1.165, 1.54) is 0 Å². The second-order valence-corrected chi connectivity index (χ2v) is 5.02. The molecule has 106 valence electrons. The molecule has 4 nitrogen and oxygen atoms in total. The first-order chi connectivity index (χ1) is 9.65. The third-order valence-corrected chi connectivity index (χ3v) is 3.49. The second kappa shape index (κ2) is 6.50. The van der Waals surface area contributed by atoms with Gasteiger partial charge in [0.1, 0.15) is 0 Å². The molecule has 0 saturated carbocycles. The standard InChI is InChI=1S/C16H20N2O2/c1-16(13-19,14-7-3-2-4-8-14)17-10-12-18-11-6-5-9-15(18)20/h2-9,11,17,19H,10,12-13H2,1H3. The Balaban J connectivity index is 2.01. The largest absolute Gasteiger partial charge is 0.394 e. The van der Waals surface area contributed by atoms with Crippen molar-refractivity contribution in [3.05, 3.63) is 70.6 Å². The van der Waals surface area contributed by atoms with Crippen LogP contribution in [0.25, 0.3) is 0 Å². The van der Waals surface area contributed by atoms with E-state index in [1.807, 2.05) is 43.3 Å². The Hall–Kier alpha value is -1.91. The van der Waals surface area contributed by atoms with E-state index in [0.29, 0.717) is 13.1 Å². The lowest BCUT2D eigenvalue weighted by molar-refractivity contribution is 0.174. The lowest BCUT2D eigenvalue weighted by Gasteiger charge is -2.29. The van der Waals surface area contributed by atoms with Gasteiger partial charge in [-0.15, -0.1) is 0 Å². The van der Waals surface area contributed by atoms with Gasteiger partial charge in [-0.25, -0.2) is 0 Å². The summed E-state index contributed by atoms with van der Waals surface area (Å²) in [6.45, 7) is 3.13. The van der Waals surface area contributed by atoms with E-state index in [0.717, 1.165) is 5.56 Å². The number of nitrogens with zero attached hydrogens (tertiary/aromatic N) is 1. The van der Waals surface area contributed by atoms with E-state index in [9.17, 15) is 9.90 Å². The molecule has 0 aliphatic rings. The van der Waals surface area contributed by atoms with Crippen LogP contribution in [0.3, 0.4) is 0 Å². The molecule has 0 aliphatic carbocycles. The summed E-state index contributed by atoms with van der Waals surface area (Å²) in [7, 11) is 0. The molecule has 0 saturated heterocycles. The van der Waals surface area contributed by atoms with Crippen LogP contribution in [0.2, 0.25) is 0 Å². The van der Waals surface area contributed by atoms with E-state index < -0.39 is 5.54 Å². The van der Waals surface area contributed by atoms with E-state index >= 15 is 0 Å². The summed E-state index contributed by atoms with van der Waals surface area (Å²) in [6, 6.07) is 14.9. The van der Waals surface area contributed by atoms with Crippen LogP contribution < -0.4 is 10.9 Å². The minimum atomic E-state index is -0.500. The van der Waals surface area contributed by atoms with Crippen LogP contribution in [0.4, 0.5) is 0 Å². The van der Waals surface area contributed by atoms with Crippen LogP contribution >= 0.6 is 0 Å². The molecule has 0 bridgehead atoms. The summed E-state index contributed by atoms with van der Waals surface area (Å²) in [6.07, 6.45) is 1.77. The minimum Gasteiger partial charge on any atom is -0.394 e. The predicted molar refractivity (Wildman–Crippen MR) is 79.6 cm³/mol.